The number of carbonyl (C=O) groups is 2. The molecule has 1 fully saturated rings. The van der Waals surface area contributed by atoms with E-state index >= 15 is 0 Å². The van der Waals surface area contributed by atoms with Gasteiger partial charge in [0.05, 0.1) is 18.2 Å². The predicted molar refractivity (Wildman–Crippen MR) is 159 cm³/mol. The summed E-state index contributed by atoms with van der Waals surface area (Å²) in [5, 5.41) is 13.6. The fraction of sp³-hybridized carbons (Fsp3) is 0.294. The number of benzene rings is 4. The highest BCUT2D eigenvalue weighted by Gasteiger charge is 2.37. The molecule has 0 spiro atoms. The van der Waals surface area contributed by atoms with Crippen molar-refractivity contribution >= 4 is 22.6 Å². The van der Waals surface area contributed by atoms with Crippen molar-refractivity contribution in [3.05, 3.63) is 101 Å². The standard InChI is InChI=1S/C34H32F4N2O4/c1-44-29-16-6-10-22(20-40-17-3-2-4-18-40)30(29)25-13-7-11-23-21(9-5-12-24(23)25)19-28(33(42)43)39-32(41)31-26(34(36,37)38)14-8-15-27(31)35/h5-16,28H,2-4,17-20H2,1H3,(H,39,41)(H,42,43)/t28-/m0/s1. The molecule has 1 atom stereocenters. The third-order valence-electron chi connectivity index (χ3n) is 8.03. The number of methoxy groups -OCH3 is 1. The Balaban J connectivity index is 1.51. The van der Waals surface area contributed by atoms with E-state index in [9.17, 15) is 32.3 Å². The number of amides is 1. The van der Waals surface area contributed by atoms with Gasteiger partial charge in [-0.2, -0.15) is 13.2 Å². The third kappa shape index (κ3) is 6.55. The van der Waals surface area contributed by atoms with Crippen LogP contribution in [0.4, 0.5) is 17.6 Å². The predicted octanol–water partition coefficient (Wildman–Crippen LogP) is 7.08. The van der Waals surface area contributed by atoms with Gasteiger partial charge in [-0.1, -0.05) is 61.0 Å². The molecule has 6 nitrogen and oxygen atoms in total. The number of carboxylic acids is 1. The summed E-state index contributed by atoms with van der Waals surface area (Å²) in [5.74, 6) is -3.63. The van der Waals surface area contributed by atoms with Gasteiger partial charge in [-0.25, -0.2) is 9.18 Å². The Bertz CT molecular complexity index is 1680. The average Bonchev–Trinajstić information content (AvgIpc) is 3.00. The van der Waals surface area contributed by atoms with Crippen molar-refractivity contribution in [3.63, 3.8) is 0 Å². The highest BCUT2D eigenvalue weighted by Crippen LogP contribution is 2.39. The molecule has 0 saturated carbocycles. The summed E-state index contributed by atoms with van der Waals surface area (Å²) in [4.78, 5) is 27.5. The van der Waals surface area contributed by atoms with Crippen LogP contribution in [0.15, 0.2) is 72.8 Å². The lowest BCUT2D eigenvalue weighted by Crippen LogP contribution is -2.43. The number of hydrogen-bond donors (Lipinski definition) is 2. The number of likely N-dealkylation sites (tertiary alicyclic amines) is 1. The fourth-order valence-electron chi connectivity index (χ4n) is 5.96. The molecule has 2 N–H and O–H groups in total. The van der Waals surface area contributed by atoms with Crippen molar-refractivity contribution in [1.82, 2.24) is 10.2 Å². The van der Waals surface area contributed by atoms with Crippen LogP contribution in [0.3, 0.4) is 0 Å². The van der Waals surface area contributed by atoms with Crippen molar-refractivity contribution < 1.29 is 37.0 Å². The molecule has 1 aliphatic rings. The molecule has 1 heterocycles. The van der Waals surface area contributed by atoms with Crippen LogP contribution >= 0.6 is 0 Å². The molecular formula is C34H32F4N2O4. The number of rotatable bonds is 9. The van der Waals surface area contributed by atoms with Crippen molar-refractivity contribution in [2.24, 2.45) is 0 Å². The van der Waals surface area contributed by atoms with E-state index < -0.39 is 41.0 Å². The molecule has 0 aliphatic carbocycles. The number of halogens is 4. The van der Waals surface area contributed by atoms with Gasteiger partial charge in [0.2, 0.25) is 0 Å². The van der Waals surface area contributed by atoms with Gasteiger partial charge in [-0.3, -0.25) is 9.69 Å². The normalized spacial score (nSPS) is 14.8. The van der Waals surface area contributed by atoms with E-state index in [1.165, 1.54) is 6.42 Å². The fourth-order valence-corrected chi connectivity index (χ4v) is 5.96. The van der Waals surface area contributed by atoms with Crippen molar-refractivity contribution in [3.8, 4) is 16.9 Å². The molecule has 0 unspecified atom stereocenters. The Labute approximate surface area is 252 Å². The summed E-state index contributed by atoms with van der Waals surface area (Å²) in [6.45, 7) is 2.76. The zero-order valence-electron chi connectivity index (χ0n) is 24.1. The minimum atomic E-state index is -5.01. The number of ether oxygens (including phenoxy) is 1. The Kier molecular flexibility index (Phi) is 9.20. The highest BCUT2D eigenvalue weighted by atomic mass is 19.4. The molecule has 5 rings (SSSR count). The lowest BCUT2D eigenvalue weighted by Gasteiger charge is -2.28. The maximum atomic E-state index is 14.4. The average molecular weight is 609 g/mol. The van der Waals surface area contributed by atoms with Gasteiger partial charge in [0.25, 0.3) is 5.91 Å². The maximum Gasteiger partial charge on any atom is 0.417 e. The van der Waals surface area contributed by atoms with E-state index in [-0.39, 0.29) is 6.42 Å². The lowest BCUT2D eigenvalue weighted by molar-refractivity contribution is -0.139. The molecule has 44 heavy (non-hydrogen) atoms. The van der Waals surface area contributed by atoms with E-state index in [1.807, 2.05) is 36.4 Å². The first-order valence-electron chi connectivity index (χ1n) is 14.4. The summed E-state index contributed by atoms with van der Waals surface area (Å²) in [5.41, 5.74) is 0.714. The number of fused-ring (bicyclic) bond motifs is 1. The van der Waals surface area contributed by atoms with Crippen LogP contribution in [0.2, 0.25) is 0 Å². The first kappa shape index (κ1) is 31.0. The Morgan fingerprint density at radius 2 is 1.57 bits per heavy atom. The summed E-state index contributed by atoms with van der Waals surface area (Å²) in [6, 6.07) is 17.5. The number of carboxylic acid groups (broad SMARTS) is 1. The molecule has 1 saturated heterocycles. The van der Waals surface area contributed by atoms with Crippen LogP contribution in [0.25, 0.3) is 21.9 Å². The molecular weight excluding hydrogens is 576 g/mol. The van der Waals surface area contributed by atoms with Gasteiger partial charge in [0, 0.05) is 18.5 Å². The first-order chi connectivity index (χ1) is 21.1. The number of aliphatic carboxylic acids is 1. The SMILES string of the molecule is COc1cccc(CN2CCCCC2)c1-c1cccc2c(C[C@H](NC(=O)c3c(F)cccc3C(F)(F)F)C(=O)O)cccc12. The second kappa shape index (κ2) is 13.1. The van der Waals surface area contributed by atoms with Crippen LogP contribution < -0.4 is 10.1 Å². The van der Waals surface area contributed by atoms with Crippen LogP contribution in [-0.4, -0.2) is 48.1 Å². The minimum Gasteiger partial charge on any atom is -0.496 e. The van der Waals surface area contributed by atoms with Crippen molar-refractivity contribution in [2.75, 3.05) is 20.2 Å². The zero-order valence-corrected chi connectivity index (χ0v) is 24.1. The summed E-state index contributed by atoms with van der Waals surface area (Å²) >= 11 is 0. The molecule has 230 valence electrons. The Hall–Kier alpha value is -4.44. The second-order valence-corrected chi connectivity index (χ2v) is 10.9. The Morgan fingerprint density at radius 1 is 0.909 bits per heavy atom. The second-order valence-electron chi connectivity index (χ2n) is 10.9. The summed E-state index contributed by atoms with van der Waals surface area (Å²) < 4.78 is 60.8. The molecule has 1 aliphatic heterocycles. The van der Waals surface area contributed by atoms with E-state index in [2.05, 4.69) is 16.3 Å². The van der Waals surface area contributed by atoms with E-state index in [4.69, 9.17) is 4.74 Å². The van der Waals surface area contributed by atoms with Gasteiger partial charge < -0.3 is 15.2 Å². The van der Waals surface area contributed by atoms with Gasteiger partial charge in [-0.15, -0.1) is 0 Å². The number of hydrogen-bond acceptors (Lipinski definition) is 4. The number of carbonyl (C=O) groups excluding carboxylic acids is 1. The topological polar surface area (TPSA) is 78.9 Å². The molecule has 0 radical (unpaired) electrons. The summed E-state index contributed by atoms with van der Waals surface area (Å²) in [6.07, 6.45) is -1.75. The summed E-state index contributed by atoms with van der Waals surface area (Å²) in [7, 11) is 1.61. The van der Waals surface area contributed by atoms with E-state index in [0.717, 1.165) is 66.7 Å². The van der Waals surface area contributed by atoms with Crippen LogP contribution in [0, 0.1) is 5.82 Å². The van der Waals surface area contributed by atoms with Gasteiger partial charge in [-0.05, 0) is 71.6 Å². The van der Waals surface area contributed by atoms with Crippen LogP contribution in [-0.2, 0) is 23.9 Å². The van der Waals surface area contributed by atoms with Gasteiger partial charge in [0.15, 0.2) is 0 Å². The Morgan fingerprint density at radius 3 is 2.27 bits per heavy atom. The largest absolute Gasteiger partial charge is 0.496 e. The quantitative estimate of drug-likeness (QED) is 0.199. The lowest BCUT2D eigenvalue weighted by atomic mass is 9.90. The number of alkyl halides is 3. The molecule has 0 aromatic heterocycles. The van der Waals surface area contributed by atoms with Gasteiger partial charge >= 0.3 is 12.1 Å². The van der Waals surface area contributed by atoms with Crippen LogP contribution in [0.1, 0.15) is 46.3 Å². The first-order valence-corrected chi connectivity index (χ1v) is 14.4. The minimum absolute atomic E-state index is 0.246. The molecule has 1 amide bonds. The highest BCUT2D eigenvalue weighted by molar-refractivity contribution is 6.01. The monoisotopic (exact) mass is 608 g/mol. The van der Waals surface area contributed by atoms with Crippen LogP contribution in [0.5, 0.6) is 5.75 Å². The van der Waals surface area contributed by atoms with Crippen molar-refractivity contribution in [2.45, 2.75) is 44.4 Å². The number of nitrogens with one attached hydrogen (secondary N) is 1. The number of nitrogens with zero attached hydrogens (tertiary/aromatic N) is 1. The molecule has 0 bridgehead atoms. The molecule has 10 heteroatoms. The van der Waals surface area contributed by atoms with E-state index in [1.54, 1.807) is 19.2 Å². The van der Waals surface area contributed by atoms with Crippen molar-refractivity contribution in [1.29, 1.82) is 0 Å². The third-order valence-corrected chi connectivity index (χ3v) is 8.03. The maximum absolute atomic E-state index is 14.4. The van der Waals surface area contributed by atoms with Gasteiger partial charge in [0.1, 0.15) is 17.6 Å². The molecule has 4 aromatic rings. The zero-order chi connectivity index (χ0) is 31.4. The molecule has 4 aromatic carbocycles. The van der Waals surface area contributed by atoms with E-state index in [0.29, 0.717) is 22.8 Å². The smallest absolute Gasteiger partial charge is 0.417 e. The number of piperidine rings is 1.